The van der Waals surface area contributed by atoms with Gasteiger partial charge in [0.25, 0.3) is 0 Å². The van der Waals surface area contributed by atoms with Crippen LogP contribution in [-0.2, 0) is 9.22 Å². The third-order valence-electron chi connectivity index (χ3n) is 3.83. The molecule has 0 spiro atoms. The molecule has 1 rings (SSSR count). The molecule has 4 heteroatoms. The van der Waals surface area contributed by atoms with Crippen LogP contribution in [0.15, 0.2) is 0 Å². The molecular formula is C16H32O2S2. The van der Waals surface area contributed by atoms with E-state index in [4.69, 9.17) is 9.22 Å². The van der Waals surface area contributed by atoms with Gasteiger partial charge in [-0.15, -0.1) is 0 Å². The molecule has 0 unspecified atom stereocenters. The van der Waals surface area contributed by atoms with Crippen molar-refractivity contribution in [2.24, 2.45) is 0 Å². The lowest BCUT2D eigenvalue weighted by Crippen LogP contribution is -1.91. The summed E-state index contributed by atoms with van der Waals surface area (Å²) >= 11 is 1.40. The second-order valence-corrected chi connectivity index (χ2v) is 7.76. The van der Waals surface area contributed by atoms with Crippen LogP contribution < -0.4 is 0 Å². The fraction of sp³-hybridized carbons (Fsp3) is 1.00. The zero-order chi connectivity index (χ0) is 14.1. The fourth-order valence-electron chi connectivity index (χ4n) is 2.55. The Hall–Kier alpha value is 0.620. The molecule has 1 aliphatic rings. The molecule has 0 bridgehead atoms. The first kappa shape index (κ1) is 18.7. The van der Waals surface area contributed by atoms with Crippen molar-refractivity contribution in [2.75, 3.05) is 12.4 Å². The molecule has 2 nitrogen and oxygen atoms in total. The van der Waals surface area contributed by atoms with E-state index >= 15 is 0 Å². The molecule has 20 heavy (non-hydrogen) atoms. The SMILES string of the molecule is C1CCCCCCCCSSOOCCCCCCC1. The first-order valence-electron chi connectivity index (χ1n) is 8.58. The fourth-order valence-corrected chi connectivity index (χ4v) is 3.88. The van der Waals surface area contributed by atoms with Crippen LogP contribution in [0.5, 0.6) is 0 Å². The molecule has 0 aliphatic carbocycles. The second-order valence-electron chi connectivity index (χ2n) is 5.73. The van der Waals surface area contributed by atoms with Crippen molar-refractivity contribution in [3.05, 3.63) is 0 Å². The van der Waals surface area contributed by atoms with E-state index in [0.717, 1.165) is 13.0 Å². The molecule has 1 heterocycles. The number of hydrogen-bond donors (Lipinski definition) is 0. The largest absolute Gasteiger partial charge is 0.224 e. The van der Waals surface area contributed by atoms with E-state index in [9.17, 15) is 0 Å². The lowest BCUT2D eigenvalue weighted by molar-refractivity contribution is -0.189. The van der Waals surface area contributed by atoms with Crippen LogP contribution in [0.25, 0.3) is 0 Å². The molecule has 1 aliphatic heterocycles. The average Bonchev–Trinajstić information content (AvgIpc) is 2.46. The van der Waals surface area contributed by atoms with Gasteiger partial charge < -0.3 is 0 Å². The van der Waals surface area contributed by atoms with E-state index < -0.39 is 0 Å². The van der Waals surface area contributed by atoms with Crippen LogP contribution in [0, 0.1) is 0 Å². The lowest BCUT2D eigenvalue weighted by Gasteiger charge is -2.05. The van der Waals surface area contributed by atoms with Crippen molar-refractivity contribution in [1.29, 1.82) is 0 Å². The maximum atomic E-state index is 5.16. The number of hydrogen-bond acceptors (Lipinski definition) is 4. The maximum Gasteiger partial charge on any atom is 0.102 e. The molecule has 0 N–H and O–H groups in total. The van der Waals surface area contributed by atoms with Crippen molar-refractivity contribution in [3.63, 3.8) is 0 Å². The highest BCUT2D eigenvalue weighted by molar-refractivity contribution is 8.74. The highest BCUT2D eigenvalue weighted by Gasteiger charge is 1.97. The molecule has 120 valence electrons. The molecule has 1 saturated heterocycles. The maximum absolute atomic E-state index is 5.16. The van der Waals surface area contributed by atoms with Crippen LogP contribution in [0.2, 0.25) is 0 Å². The minimum atomic E-state index is 0.744. The number of rotatable bonds is 0. The lowest BCUT2D eigenvalue weighted by atomic mass is 10.0. The van der Waals surface area contributed by atoms with Gasteiger partial charge in [0.1, 0.15) is 11.1 Å². The van der Waals surface area contributed by atoms with Gasteiger partial charge in [-0.05, 0) is 12.8 Å². The summed E-state index contributed by atoms with van der Waals surface area (Å²) < 4.78 is 5.10. The zero-order valence-corrected chi connectivity index (χ0v) is 14.6. The van der Waals surface area contributed by atoms with Crippen LogP contribution in [0.4, 0.5) is 0 Å². The Kier molecular flexibility index (Phi) is 14.9. The molecular weight excluding hydrogens is 288 g/mol. The smallest absolute Gasteiger partial charge is 0.102 e. The van der Waals surface area contributed by atoms with Crippen LogP contribution in [0.1, 0.15) is 89.9 Å². The van der Waals surface area contributed by atoms with Crippen molar-refractivity contribution in [3.8, 4) is 0 Å². The van der Waals surface area contributed by atoms with E-state index in [1.165, 1.54) is 100 Å². The normalized spacial score (nSPS) is 24.0. The van der Waals surface area contributed by atoms with Gasteiger partial charge in [-0.2, -0.15) is 4.33 Å². The molecule has 0 amide bonds. The van der Waals surface area contributed by atoms with Crippen LogP contribution >= 0.6 is 21.9 Å². The van der Waals surface area contributed by atoms with Crippen LogP contribution in [-0.4, -0.2) is 12.4 Å². The molecule has 1 fully saturated rings. The van der Waals surface area contributed by atoms with Crippen molar-refractivity contribution >= 4 is 21.9 Å². The summed E-state index contributed by atoms with van der Waals surface area (Å²) in [6.45, 7) is 0.744. The second kappa shape index (κ2) is 16.0. The highest BCUT2D eigenvalue weighted by Crippen LogP contribution is 2.24. The predicted molar refractivity (Wildman–Crippen MR) is 91.7 cm³/mol. The topological polar surface area (TPSA) is 18.5 Å². The Bertz CT molecular complexity index is 105. The monoisotopic (exact) mass is 320 g/mol. The summed E-state index contributed by atoms with van der Waals surface area (Å²) in [5.74, 6) is 1.17. The third-order valence-corrected chi connectivity index (χ3v) is 5.49. The summed E-state index contributed by atoms with van der Waals surface area (Å²) in [4.78, 5) is 5.16. The standard InChI is InChI=1S/C16H32O2S2/c1-2-4-6-8-10-12-14-16-19-20-18-17-15-13-11-9-7-5-3-1/h1-16H2. The Labute approximate surface area is 133 Å². The predicted octanol–water partition coefficient (Wildman–Crippen LogP) is 6.71. The van der Waals surface area contributed by atoms with E-state index in [-0.39, 0.29) is 0 Å². The minimum absolute atomic E-state index is 0.744. The van der Waals surface area contributed by atoms with Crippen molar-refractivity contribution in [2.45, 2.75) is 89.9 Å². The minimum Gasteiger partial charge on any atom is -0.224 e. The van der Waals surface area contributed by atoms with Gasteiger partial charge in [0.2, 0.25) is 0 Å². The average molecular weight is 321 g/mol. The molecule has 0 aromatic rings. The Morgan fingerprint density at radius 3 is 1.50 bits per heavy atom. The molecule has 0 saturated carbocycles. The molecule has 0 aromatic carbocycles. The summed E-state index contributed by atoms with van der Waals surface area (Å²) in [5.41, 5.74) is 0. The first-order chi connectivity index (χ1) is 10.0. The third kappa shape index (κ3) is 13.6. The van der Waals surface area contributed by atoms with Gasteiger partial charge in [-0.25, -0.2) is 4.89 Å². The van der Waals surface area contributed by atoms with Crippen LogP contribution in [0.3, 0.4) is 0 Å². The summed E-state index contributed by atoms with van der Waals surface area (Å²) in [6.07, 6.45) is 19.3. The highest BCUT2D eigenvalue weighted by atomic mass is 33.1. The summed E-state index contributed by atoms with van der Waals surface area (Å²) in [5, 5.41) is 0. The van der Waals surface area contributed by atoms with E-state index in [2.05, 4.69) is 0 Å². The Balaban J connectivity index is 2.00. The summed E-state index contributed by atoms with van der Waals surface area (Å²) in [7, 11) is 1.77. The van der Waals surface area contributed by atoms with E-state index in [0.29, 0.717) is 0 Å². The van der Waals surface area contributed by atoms with E-state index in [1.807, 2.05) is 0 Å². The zero-order valence-electron chi connectivity index (χ0n) is 12.9. The quantitative estimate of drug-likeness (QED) is 0.280. The van der Waals surface area contributed by atoms with Gasteiger partial charge in [0.15, 0.2) is 0 Å². The van der Waals surface area contributed by atoms with Gasteiger partial charge in [0.05, 0.1) is 6.61 Å². The van der Waals surface area contributed by atoms with Crippen molar-refractivity contribution < 1.29 is 9.22 Å². The van der Waals surface area contributed by atoms with Gasteiger partial charge in [-0.1, -0.05) is 87.8 Å². The molecule has 0 aromatic heterocycles. The Morgan fingerprint density at radius 1 is 0.500 bits per heavy atom. The van der Waals surface area contributed by atoms with Gasteiger partial charge in [0, 0.05) is 5.75 Å². The first-order valence-corrected chi connectivity index (χ1v) is 10.8. The molecule has 0 atom stereocenters. The van der Waals surface area contributed by atoms with Crippen molar-refractivity contribution in [1.82, 2.24) is 0 Å². The Morgan fingerprint density at radius 2 is 0.950 bits per heavy atom. The molecule has 0 radical (unpaired) electrons. The summed E-state index contributed by atoms with van der Waals surface area (Å²) in [6, 6.07) is 0. The van der Waals surface area contributed by atoms with E-state index in [1.54, 1.807) is 10.8 Å². The van der Waals surface area contributed by atoms with Gasteiger partial charge in [-0.3, -0.25) is 0 Å². The van der Waals surface area contributed by atoms with Gasteiger partial charge >= 0.3 is 0 Å².